The summed E-state index contributed by atoms with van der Waals surface area (Å²) in [7, 11) is 3.48. The van der Waals surface area contributed by atoms with E-state index in [9.17, 15) is 0 Å². The maximum absolute atomic E-state index is 5.32. The van der Waals surface area contributed by atoms with Crippen LogP contribution in [0.4, 0.5) is 4.70 Å². The van der Waals surface area contributed by atoms with Gasteiger partial charge in [0.25, 0.3) is 0 Å². The number of halogens is 1. The molecule has 26 heavy (non-hydrogen) atoms. The highest BCUT2D eigenvalue weighted by atomic mass is 19.0. The summed E-state index contributed by atoms with van der Waals surface area (Å²) < 4.78 is 2.02. The zero-order valence-electron chi connectivity index (χ0n) is 17.2. The number of aryl methyl sites for hydroxylation is 1. The monoisotopic (exact) mass is 371 g/mol. The van der Waals surface area contributed by atoms with Crippen LogP contribution in [0.5, 0.6) is 0 Å². The summed E-state index contributed by atoms with van der Waals surface area (Å²) in [6.07, 6.45) is 7.14. The molecule has 0 saturated carbocycles. The molecule has 0 saturated heterocycles. The molecular formula is C18H38FN7. The first-order chi connectivity index (χ1) is 12.1. The number of aromatic nitrogens is 3. The van der Waals surface area contributed by atoms with Crippen LogP contribution in [0.25, 0.3) is 5.57 Å². The first kappa shape index (κ1) is 28.6. The standard InChI is InChI=1S/C14H24N6.C3H8.CH5N.FH/c1-5-7-11(12(16-3)10-17-9-8-15)14-19-18-13(6-2)20(14)4;1-3-2;1-2;/h8-9,17H,3,5-7,10,15H2,1-2,4H3;3H2,1-2H3;2H2,1H3;1H/b9-8-,12-11-;;;. The average molecular weight is 372 g/mol. The van der Waals surface area contributed by atoms with E-state index in [0.29, 0.717) is 6.54 Å². The summed E-state index contributed by atoms with van der Waals surface area (Å²) in [6, 6.07) is 0. The second kappa shape index (κ2) is 19.1. The van der Waals surface area contributed by atoms with Gasteiger partial charge in [-0.1, -0.05) is 40.5 Å². The minimum absolute atomic E-state index is 0. The molecule has 152 valence electrons. The number of allylic oxidation sites excluding steroid dienone is 1. The van der Waals surface area contributed by atoms with Crippen LogP contribution in [0.15, 0.2) is 23.1 Å². The predicted molar refractivity (Wildman–Crippen MR) is 112 cm³/mol. The predicted octanol–water partition coefficient (Wildman–Crippen LogP) is 2.75. The van der Waals surface area contributed by atoms with Gasteiger partial charge in [0.1, 0.15) is 5.82 Å². The summed E-state index contributed by atoms with van der Waals surface area (Å²) >= 11 is 0. The molecule has 0 radical (unpaired) electrons. The molecule has 0 aliphatic rings. The molecule has 0 bridgehead atoms. The molecule has 1 aromatic rings. The largest absolute Gasteiger partial charge is 0.403 e. The molecular weight excluding hydrogens is 333 g/mol. The molecule has 0 unspecified atom stereocenters. The van der Waals surface area contributed by atoms with Crippen molar-refractivity contribution in [2.45, 2.75) is 53.4 Å². The number of aliphatic imine (C=N–C) groups is 1. The van der Waals surface area contributed by atoms with Gasteiger partial charge in [-0.05, 0) is 20.2 Å². The van der Waals surface area contributed by atoms with E-state index in [1.54, 1.807) is 6.20 Å². The Kier molecular flexibility index (Phi) is 21.0. The van der Waals surface area contributed by atoms with E-state index >= 15 is 0 Å². The fourth-order valence-electron chi connectivity index (χ4n) is 2.05. The van der Waals surface area contributed by atoms with E-state index in [0.717, 1.165) is 42.2 Å². The highest BCUT2D eigenvalue weighted by Crippen LogP contribution is 2.23. The minimum Gasteiger partial charge on any atom is -0.403 e. The molecule has 0 aliphatic carbocycles. The fourth-order valence-corrected chi connectivity index (χ4v) is 2.05. The normalized spacial score (nSPS) is 10.6. The van der Waals surface area contributed by atoms with Crippen LogP contribution >= 0.6 is 0 Å². The second-order valence-corrected chi connectivity index (χ2v) is 5.13. The second-order valence-electron chi connectivity index (χ2n) is 5.13. The van der Waals surface area contributed by atoms with Gasteiger partial charge in [-0.15, -0.1) is 10.2 Å². The first-order valence-electron chi connectivity index (χ1n) is 8.86. The summed E-state index contributed by atoms with van der Waals surface area (Å²) in [5.41, 5.74) is 11.8. The van der Waals surface area contributed by atoms with Gasteiger partial charge < -0.3 is 21.4 Å². The molecule has 0 atom stereocenters. The van der Waals surface area contributed by atoms with Crippen molar-refractivity contribution in [1.82, 2.24) is 20.1 Å². The lowest BCUT2D eigenvalue weighted by Gasteiger charge is -2.11. The Balaban J connectivity index is -0.000000796. The third-order valence-electron chi connectivity index (χ3n) is 3.07. The van der Waals surface area contributed by atoms with Crippen LogP contribution in [0, 0.1) is 0 Å². The first-order valence-corrected chi connectivity index (χ1v) is 8.86. The lowest BCUT2D eigenvalue weighted by molar-refractivity contribution is 0.788. The Morgan fingerprint density at radius 1 is 1.23 bits per heavy atom. The van der Waals surface area contributed by atoms with Gasteiger partial charge in [-0.25, -0.2) is 0 Å². The van der Waals surface area contributed by atoms with Gasteiger partial charge in [0.15, 0.2) is 5.82 Å². The van der Waals surface area contributed by atoms with Crippen LogP contribution in [-0.4, -0.2) is 35.1 Å². The Morgan fingerprint density at radius 3 is 2.19 bits per heavy atom. The number of rotatable bonds is 8. The van der Waals surface area contributed by atoms with Gasteiger partial charge in [0.05, 0.1) is 12.2 Å². The summed E-state index contributed by atoms with van der Waals surface area (Å²) in [5, 5.41) is 11.6. The summed E-state index contributed by atoms with van der Waals surface area (Å²) in [6.45, 7) is 12.7. The van der Waals surface area contributed by atoms with E-state index in [4.69, 9.17) is 5.73 Å². The van der Waals surface area contributed by atoms with Gasteiger partial charge in [-0.2, -0.15) is 0 Å². The number of nitrogens with zero attached hydrogens (tertiary/aromatic N) is 4. The summed E-state index contributed by atoms with van der Waals surface area (Å²) in [5.74, 6) is 1.83. The fraction of sp³-hybridized carbons (Fsp3) is 0.611. The van der Waals surface area contributed by atoms with Crippen molar-refractivity contribution in [1.29, 1.82) is 0 Å². The molecule has 0 aliphatic heterocycles. The highest BCUT2D eigenvalue weighted by Gasteiger charge is 2.15. The zero-order chi connectivity index (χ0) is 19.7. The Bertz CT molecular complexity index is 522. The Morgan fingerprint density at radius 2 is 1.81 bits per heavy atom. The van der Waals surface area contributed by atoms with Gasteiger partial charge in [0, 0.05) is 31.4 Å². The number of hydrogen-bond donors (Lipinski definition) is 3. The third-order valence-corrected chi connectivity index (χ3v) is 3.07. The van der Waals surface area contributed by atoms with Crippen molar-refractivity contribution in [3.8, 4) is 0 Å². The van der Waals surface area contributed by atoms with E-state index in [-0.39, 0.29) is 4.70 Å². The molecule has 0 spiro atoms. The molecule has 7 nitrogen and oxygen atoms in total. The van der Waals surface area contributed by atoms with E-state index < -0.39 is 0 Å². The van der Waals surface area contributed by atoms with Gasteiger partial charge >= 0.3 is 0 Å². The minimum atomic E-state index is 0. The van der Waals surface area contributed by atoms with Crippen LogP contribution in [0.2, 0.25) is 0 Å². The van der Waals surface area contributed by atoms with Crippen LogP contribution in [0.3, 0.4) is 0 Å². The Labute approximate surface area is 158 Å². The van der Waals surface area contributed by atoms with Crippen molar-refractivity contribution in [3.63, 3.8) is 0 Å². The van der Waals surface area contributed by atoms with Gasteiger partial charge in [-0.3, -0.25) is 9.70 Å². The van der Waals surface area contributed by atoms with Crippen LogP contribution < -0.4 is 16.8 Å². The Hall–Kier alpha value is -2.22. The lowest BCUT2D eigenvalue weighted by Crippen LogP contribution is -2.12. The van der Waals surface area contributed by atoms with E-state index in [2.05, 4.69) is 60.7 Å². The number of nitrogens with one attached hydrogen (secondary N) is 1. The molecule has 0 amide bonds. The maximum Gasteiger partial charge on any atom is 0.161 e. The number of hydrogen-bond acceptors (Lipinski definition) is 6. The number of nitrogens with two attached hydrogens (primary N) is 2. The maximum atomic E-state index is 5.32. The van der Waals surface area contributed by atoms with Gasteiger partial charge in [0.2, 0.25) is 0 Å². The highest BCUT2D eigenvalue weighted by molar-refractivity contribution is 5.65. The van der Waals surface area contributed by atoms with Crippen molar-refractivity contribution >= 4 is 12.3 Å². The molecule has 1 heterocycles. The van der Waals surface area contributed by atoms with Crippen molar-refractivity contribution < 1.29 is 4.70 Å². The molecule has 1 aromatic heterocycles. The topological polar surface area (TPSA) is 107 Å². The molecule has 1 rings (SSSR count). The van der Waals surface area contributed by atoms with Crippen LogP contribution in [0.1, 0.15) is 58.6 Å². The van der Waals surface area contributed by atoms with Crippen LogP contribution in [-0.2, 0) is 13.5 Å². The SMILES string of the molecule is C=N/C(CN/C=C\N)=C(/CCC)c1nnc(CC)n1C.CCC.CN.F. The zero-order valence-corrected chi connectivity index (χ0v) is 17.2. The summed E-state index contributed by atoms with van der Waals surface area (Å²) in [4.78, 5) is 4.14. The van der Waals surface area contributed by atoms with Crippen molar-refractivity contribution in [2.24, 2.45) is 23.5 Å². The molecule has 8 heteroatoms. The lowest BCUT2D eigenvalue weighted by atomic mass is 10.1. The van der Waals surface area contributed by atoms with Crippen molar-refractivity contribution in [2.75, 3.05) is 13.6 Å². The van der Waals surface area contributed by atoms with E-state index in [1.807, 2.05) is 11.6 Å². The molecule has 0 aromatic carbocycles. The smallest absolute Gasteiger partial charge is 0.161 e. The molecule has 5 N–H and O–H groups in total. The average Bonchev–Trinajstić information content (AvgIpc) is 3.00. The van der Waals surface area contributed by atoms with Crippen molar-refractivity contribution in [3.05, 3.63) is 29.7 Å². The molecule has 0 fully saturated rings. The van der Waals surface area contributed by atoms with E-state index in [1.165, 1.54) is 19.7 Å². The third kappa shape index (κ3) is 9.93. The quantitative estimate of drug-likeness (QED) is 0.609.